The number of morpholine rings is 1. The topological polar surface area (TPSA) is 12.5 Å². The normalized spacial score (nSPS) is 30.5. The molecule has 0 aromatic heterocycles. The van der Waals surface area contributed by atoms with Crippen molar-refractivity contribution in [3.63, 3.8) is 0 Å². The van der Waals surface area contributed by atoms with Gasteiger partial charge in [-0.2, -0.15) is 0 Å². The molecule has 10 rings (SSSR count). The van der Waals surface area contributed by atoms with Gasteiger partial charge < -0.3 is 39.3 Å². The average molecular weight is 865 g/mol. The summed E-state index contributed by atoms with van der Waals surface area (Å²) in [7, 11) is 0. The second-order valence-corrected chi connectivity index (χ2v) is 17.6. The molecule has 310 valence electrons. The van der Waals surface area contributed by atoms with E-state index in [4.69, 9.17) is 4.74 Å². The number of ether oxygens (including phenoxy) is 1. The molecule has 4 heteroatoms. The number of hydrogen-bond acceptors (Lipinski definition) is 2. The van der Waals surface area contributed by atoms with Crippen LogP contribution in [0.1, 0.15) is 91.9 Å². The van der Waals surface area contributed by atoms with Gasteiger partial charge in [-0.25, -0.2) is 0 Å². The molecule has 2 heterocycles. The molecule has 6 fully saturated rings. The Morgan fingerprint density at radius 1 is 0.475 bits per heavy atom. The average Bonchev–Trinajstić information content (AvgIpc) is 3.81. The first-order valence-corrected chi connectivity index (χ1v) is 21.7. The molecule has 2 aliphatic heterocycles. The van der Waals surface area contributed by atoms with E-state index in [1.807, 2.05) is 36.4 Å². The third-order valence-electron chi connectivity index (χ3n) is 15.1. The molecular formula is C55H72BNOZr. The summed E-state index contributed by atoms with van der Waals surface area (Å²) >= 11 is 0. The molecule has 0 N–H and O–H groups in total. The first-order valence-electron chi connectivity index (χ1n) is 21.7. The number of rotatable bonds is 6. The molecule has 4 aliphatic carbocycles. The minimum Gasteiger partial charge on any atom is -0.379 e. The van der Waals surface area contributed by atoms with E-state index in [9.17, 15) is 0 Å². The second-order valence-electron chi connectivity index (χ2n) is 17.6. The van der Waals surface area contributed by atoms with Gasteiger partial charge in [0.05, 0.1) is 13.2 Å². The number of fused-ring (bicyclic) bond motifs is 6. The number of hydrogen-bond donors (Lipinski definition) is 0. The van der Waals surface area contributed by atoms with E-state index >= 15 is 0 Å². The molecule has 59 heavy (non-hydrogen) atoms. The van der Waals surface area contributed by atoms with Crippen LogP contribution in [0.5, 0.6) is 0 Å². The van der Waals surface area contributed by atoms with Crippen LogP contribution in [0, 0.1) is 65.2 Å². The van der Waals surface area contributed by atoms with Crippen molar-refractivity contribution < 1.29 is 30.9 Å². The Bertz CT molecular complexity index is 1690. The van der Waals surface area contributed by atoms with Gasteiger partial charge in [-0.05, 0) is 113 Å². The smallest absolute Gasteiger partial charge is 0.379 e. The number of allylic oxidation sites excluding steroid dienone is 2. The van der Waals surface area contributed by atoms with Crippen molar-refractivity contribution in [3.05, 3.63) is 185 Å². The van der Waals surface area contributed by atoms with E-state index in [-0.39, 0.29) is 55.9 Å². The predicted octanol–water partition coefficient (Wildman–Crippen LogP) is 14.1. The van der Waals surface area contributed by atoms with Crippen LogP contribution in [0.2, 0.25) is 11.6 Å². The molecular weight excluding hydrogens is 793 g/mol. The van der Waals surface area contributed by atoms with Gasteiger partial charge in [-0.3, -0.25) is 0 Å². The van der Waals surface area contributed by atoms with Crippen LogP contribution < -0.4 is 0 Å². The summed E-state index contributed by atoms with van der Waals surface area (Å²) in [6.07, 6.45) is 21.6. The Labute approximate surface area is 380 Å². The van der Waals surface area contributed by atoms with Crippen LogP contribution in [0.25, 0.3) is 12.2 Å². The zero-order chi connectivity index (χ0) is 36.1. The first kappa shape index (κ1) is 48.9. The van der Waals surface area contributed by atoms with Crippen LogP contribution in [0.15, 0.2) is 133 Å². The van der Waals surface area contributed by atoms with Gasteiger partial charge in [0.25, 0.3) is 0 Å². The van der Waals surface area contributed by atoms with Crippen molar-refractivity contribution in [1.29, 1.82) is 0 Å². The third-order valence-corrected chi connectivity index (χ3v) is 15.1. The summed E-state index contributed by atoms with van der Waals surface area (Å²) in [6.45, 7) is 5.07. The Morgan fingerprint density at radius 3 is 1.27 bits per heavy atom. The van der Waals surface area contributed by atoms with Crippen molar-refractivity contribution in [1.82, 2.24) is 4.81 Å². The Morgan fingerprint density at radius 2 is 0.864 bits per heavy atom. The predicted molar refractivity (Wildman–Crippen MR) is 253 cm³/mol. The van der Waals surface area contributed by atoms with Gasteiger partial charge >= 0.3 is 26.2 Å². The van der Waals surface area contributed by atoms with Crippen LogP contribution in [-0.2, 0) is 30.9 Å². The van der Waals surface area contributed by atoms with Crippen LogP contribution >= 0.6 is 0 Å². The van der Waals surface area contributed by atoms with Gasteiger partial charge in [-0.1, -0.05) is 171 Å². The molecule has 4 aromatic rings. The monoisotopic (exact) mass is 863 g/mol. The molecule has 4 aromatic carbocycles. The standard InChI is InChI=1S/C35H46BNO.C16H14.4CH3.Zr/c1-3-9-24(10-4-1)28-13-7-15-30-32(28)22-26-21-27-23-33-29(25-11-5-2-6-12-25)14-8-16-31(33)35(27)36(34(26)30)37-17-19-38-20-18-37;1-3-9-15(10-4-1)13-7-8-14-16-11-5-2-6-12-16;;;;;/h1-6,9-12,26-35H,7-8,13-23H2;1-14H;4*1H3;/q;;4*-1;+4/b;13-7+,14-8+;;;;;. The fourth-order valence-corrected chi connectivity index (χ4v) is 13.2. The maximum atomic E-state index is 5.93. The summed E-state index contributed by atoms with van der Waals surface area (Å²) in [5.41, 5.74) is 5.73. The molecule has 6 aliphatic rings. The van der Waals surface area contributed by atoms with Gasteiger partial charge in [0.1, 0.15) is 0 Å². The van der Waals surface area contributed by atoms with Crippen molar-refractivity contribution in [2.45, 2.75) is 81.3 Å². The fraction of sp³-hybridized carbons (Fsp3) is 0.418. The summed E-state index contributed by atoms with van der Waals surface area (Å²) in [4.78, 5) is 3.00. The molecule has 10 atom stereocenters. The molecule has 2 nitrogen and oxygen atoms in total. The van der Waals surface area contributed by atoms with E-state index in [0.29, 0.717) is 0 Å². The van der Waals surface area contributed by atoms with Crippen molar-refractivity contribution in [2.75, 3.05) is 26.3 Å². The van der Waals surface area contributed by atoms with Gasteiger partial charge in [-0.15, -0.1) is 0 Å². The summed E-state index contributed by atoms with van der Waals surface area (Å²) in [5.74, 6) is 9.11. The van der Waals surface area contributed by atoms with E-state index < -0.39 is 0 Å². The minimum absolute atomic E-state index is 0. The Kier molecular flexibility index (Phi) is 19.4. The second kappa shape index (κ2) is 23.4. The van der Waals surface area contributed by atoms with Crippen LogP contribution in [0.4, 0.5) is 0 Å². The quantitative estimate of drug-likeness (QED) is 0.109. The summed E-state index contributed by atoms with van der Waals surface area (Å²) < 4.78 is 5.93. The van der Waals surface area contributed by atoms with Crippen molar-refractivity contribution >= 4 is 19.0 Å². The minimum atomic E-state index is 0. The summed E-state index contributed by atoms with van der Waals surface area (Å²) in [5, 5.41) is 0. The van der Waals surface area contributed by atoms with Gasteiger partial charge in [0.15, 0.2) is 0 Å². The van der Waals surface area contributed by atoms with Gasteiger partial charge in [0, 0.05) is 13.1 Å². The van der Waals surface area contributed by atoms with E-state index in [1.165, 1.54) is 75.6 Å². The molecule has 4 saturated carbocycles. The van der Waals surface area contributed by atoms with Gasteiger partial charge in [0.2, 0.25) is 6.85 Å². The third kappa shape index (κ3) is 10.8. The van der Waals surface area contributed by atoms with Crippen molar-refractivity contribution in [2.24, 2.45) is 35.5 Å². The number of benzene rings is 4. The van der Waals surface area contributed by atoms with E-state index in [1.54, 1.807) is 17.5 Å². The fourth-order valence-electron chi connectivity index (χ4n) is 13.2. The van der Waals surface area contributed by atoms with Crippen molar-refractivity contribution in [3.8, 4) is 0 Å². The largest absolute Gasteiger partial charge is 4.00 e. The zero-order valence-corrected chi connectivity index (χ0v) is 39.2. The van der Waals surface area contributed by atoms with Crippen LogP contribution in [0.3, 0.4) is 0 Å². The summed E-state index contributed by atoms with van der Waals surface area (Å²) in [6, 6.07) is 43.9. The van der Waals surface area contributed by atoms with E-state index in [2.05, 4.69) is 114 Å². The first-order chi connectivity index (χ1) is 26.8. The van der Waals surface area contributed by atoms with Crippen LogP contribution in [-0.4, -0.2) is 38.0 Å². The molecule has 0 amide bonds. The molecule has 2 saturated heterocycles. The molecule has 10 unspecified atom stereocenters. The maximum absolute atomic E-state index is 5.93. The van der Waals surface area contributed by atoms with E-state index in [0.717, 1.165) is 79.0 Å². The Hall–Kier alpha value is -2.77. The SMILES string of the molecule is C(/C=C/c1ccccc1)=C\c1ccccc1.[CH3-].[CH3-].[CH3-].[CH3-].[Zr+4].c1ccc(C2CCCC3C2CC2CC4CC5C(c6ccccc6)CCCC5C4B(N4CCOCC4)C23)cc1. The molecule has 0 bridgehead atoms. The molecule has 0 spiro atoms. The molecule has 0 radical (unpaired) electrons. The number of nitrogens with zero attached hydrogens (tertiary/aromatic N) is 1. The Balaban J connectivity index is 0.000000315. The zero-order valence-electron chi connectivity index (χ0n) is 36.8. The maximum Gasteiger partial charge on any atom is 4.00 e.